The Bertz CT molecular complexity index is 1220. The van der Waals surface area contributed by atoms with E-state index in [1.165, 1.54) is 21.9 Å². The van der Waals surface area contributed by atoms with Crippen LogP contribution in [-0.2, 0) is 26.2 Å². The van der Waals surface area contributed by atoms with Crippen molar-refractivity contribution in [2.75, 3.05) is 26.7 Å². The number of benzene rings is 4. The van der Waals surface area contributed by atoms with E-state index in [1.807, 2.05) is 18.2 Å². The lowest BCUT2D eigenvalue weighted by molar-refractivity contribution is -0.255. The number of aromatic carboxylic acids is 1. The highest BCUT2D eigenvalue weighted by atomic mass is 32.2. The molecule has 0 N–H and O–H groups in total. The average molecular weight is 519 g/mol. The van der Waals surface area contributed by atoms with Gasteiger partial charge in [0, 0.05) is 46.0 Å². The molecule has 6 heteroatoms. The largest absolute Gasteiger partial charge is 0.545 e. The summed E-state index contributed by atoms with van der Waals surface area (Å²) in [5.41, 5.74) is 2.21. The lowest BCUT2D eigenvalue weighted by Crippen LogP contribution is -2.33. The number of hydrogen-bond acceptors (Lipinski definition) is 5. The summed E-state index contributed by atoms with van der Waals surface area (Å²) in [6.45, 7) is 0. The van der Waals surface area contributed by atoms with Crippen LogP contribution in [-0.4, -0.2) is 32.7 Å². The fraction of sp³-hybridized carbons (Fsp3) is 0.167. The first-order valence-corrected chi connectivity index (χ1v) is 14.1. The molecule has 0 aromatic heterocycles. The van der Waals surface area contributed by atoms with E-state index >= 15 is 0 Å². The van der Waals surface area contributed by atoms with Gasteiger partial charge in [0.05, 0.1) is 5.97 Å². The lowest BCUT2D eigenvalue weighted by atomic mass is 9.97. The van der Waals surface area contributed by atoms with Crippen LogP contribution in [0.1, 0.15) is 21.5 Å². The third-order valence-electron chi connectivity index (χ3n) is 5.50. The van der Waals surface area contributed by atoms with Crippen molar-refractivity contribution < 1.29 is 19.4 Å². The summed E-state index contributed by atoms with van der Waals surface area (Å²) >= 11 is 1.72. The smallest absolute Gasteiger partial charge is 0.222 e. The molecule has 0 amide bonds. The van der Waals surface area contributed by atoms with Crippen molar-refractivity contribution in [3.63, 3.8) is 0 Å². The zero-order valence-electron chi connectivity index (χ0n) is 20.8. The number of carboxylic acids is 1. The van der Waals surface area contributed by atoms with Crippen LogP contribution < -0.4 is 5.11 Å². The molecular weight excluding hydrogens is 488 g/mol. The number of methoxy groups -OCH3 is 2. The van der Waals surface area contributed by atoms with E-state index in [4.69, 9.17) is 9.47 Å². The van der Waals surface area contributed by atoms with Crippen molar-refractivity contribution in [1.82, 2.24) is 0 Å². The molecule has 186 valence electrons. The van der Waals surface area contributed by atoms with Gasteiger partial charge in [-0.1, -0.05) is 78.5 Å². The van der Waals surface area contributed by atoms with E-state index in [0.717, 1.165) is 16.0 Å². The molecule has 0 aliphatic rings. The lowest BCUT2D eigenvalue weighted by Gasteiger charge is -2.33. The van der Waals surface area contributed by atoms with Gasteiger partial charge in [0.25, 0.3) is 0 Å². The zero-order chi connectivity index (χ0) is 26.0. The van der Waals surface area contributed by atoms with Crippen LogP contribution in [0.25, 0.3) is 0 Å². The van der Waals surface area contributed by atoms with Gasteiger partial charge in [-0.25, -0.2) is 0 Å². The summed E-state index contributed by atoms with van der Waals surface area (Å²) < 4.78 is 12.0. The van der Waals surface area contributed by atoms with Gasteiger partial charge in [-0.15, -0.1) is 0 Å². The molecule has 0 atom stereocenters. The molecule has 0 bridgehead atoms. The first-order valence-electron chi connectivity index (χ1n) is 11.3. The molecule has 0 unspecified atom stereocenters. The molecule has 0 spiro atoms. The van der Waals surface area contributed by atoms with Crippen LogP contribution in [0.15, 0.2) is 124 Å². The van der Waals surface area contributed by atoms with Gasteiger partial charge in [0.1, 0.15) is 12.5 Å². The summed E-state index contributed by atoms with van der Waals surface area (Å²) in [6, 6.07) is 35.2. The molecule has 0 fully saturated rings. The van der Waals surface area contributed by atoms with Crippen LogP contribution in [0, 0.1) is 0 Å². The third-order valence-corrected chi connectivity index (χ3v) is 7.80. The molecule has 4 aromatic rings. The molecule has 4 aromatic carbocycles. The maximum absolute atomic E-state index is 10.1. The Morgan fingerprint density at radius 1 is 0.750 bits per heavy atom. The van der Waals surface area contributed by atoms with Crippen LogP contribution in [0.4, 0.5) is 0 Å². The zero-order valence-corrected chi connectivity index (χ0v) is 22.5. The van der Waals surface area contributed by atoms with E-state index < -0.39 is 11.8 Å². The maximum Gasteiger partial charge on any atom is 0.222 e. The quantitative estimate of drug-likeness (QED) is 0.224. The highest BCUT2D eigenvalue weighted by molar-refractivity contribution is 7.99. The predicted molar refractivity (Wildman–Crippen MR) is 146 cm³/mol. The van der Waals surface area contributed by atoms with Crippen molar-refractivity contribution in [3.8, 4) is 0 Å². The van der Waals surface area contributed by atoms with Gasteiger partial charge in [-0.3, -0.25) is 0 Å². The fourth-order valence-electron chi connectivity index (χ4n) is 3.66. The number of hydrogen-bond donors (Lipinski definition) is 0. The normalized spacial score (nSPS) is 11.0. The Hall–Kier alpha value is -3.03. The van der Waals surface area contributed by atoms with Crippen LogP contribution >= 0.6 is 11.8 Å². The summed E-state index contributed by atoms with van der Waals surface area (Å²) in [6.07, 6.45) is 4.45. The summed E-state index contributed by atoms with van der Waals surface area (Å²) in [7, 11) is 3.62. The van der Waals surface area contributed by atoms with E-state index in [1.54, 1.807) is 44.2 Å². The molecule has 0 saturated heterocycles. The van der Waals surface area contributed by atoms with Crippen LogP contribution in [0.3, 0.4) is 0 Å². The Labute approximate surface area is 220 Å². The monoisotopic (exact) mass is 518 g/mol. The average Bonchev–Trinajstić information content (AvgIpc) is 2.92. The van der Waals surface area contributed by atoms with Crippen LogP contribution in [0.5, 0.6) is 0 Å². The Morgan fingerprint density at radius 3 is 1.78 bits per heavy atom. The van der Waals surface area contributed by atoms with Crippen molar-refractivity contribution in [3.05, 3.63) is 126 Å². The standard InChI is InChI=1S/C23H25O2S2.C7H6O2/c1-24-23(25-2,18-14-16-20(17-15-18)27(3)4)21-12-8-9-13-22(21)26-19-10-6-5-7-11-19;8-7(9)6-4-2-1-3-5-6/h5-17H,1-4H3;1-5H,(H,8,9)/q+1;/p-1. The van der Waals surface area contributed by atoms with Crippen LogP contribution in [0.2, 0.25) is 0 Å². The van der Waals surface area contributed by atoms with E-state index in [9.17, 15) is 9.90 Å². The highest BCUT2D eigenvalue weighted by Crippen LogP contribution is 2.41. The molecule has 0 saturated carbocycles. The van der Waals surface area contributed by atoms with E-state index in [2.05, 4.69) is 73.2 Å². The molecule has 4 rings (SSSR count). The maximum atomic E-state index is 10.1. The Balaban J connectivity index is 0.000000338. The minimum Gasteiger partial charge on any atom is -0.545 e. The van der Waals surface area contributed by atoms with Crippen molar-refractivity contribution in [2.24, 2.45) is 0 Å². The summed E-state index contributed by atoms with van der Waals surface area (Å²) in [4.78, 5) is 13.7. The molecule has 0 radical (unpaired) electrons. The number of carbonyl (C=O) groups is 1. The van der Waals surface area contributed by atoms with Crippen molar-refractivity contribution in [2.45, 2.75) is 20.5 Å². The van der Waals surface area contributed by atoms with Crippen molar-refractivity contribution in [1.29, 1.82) is 0 Å². The summed E-state index contributed by atoms with van der Waals surface area (Å²) in [5.74, 6) is -2.08. The Morgan fingerprint density at radius 2 is 1.28 bits per heavy atom. The number of ether oxygens (including phenoxy) is 2. The first-order chi connectivity index (χ1) is 17.4. The topological polar surface area (TPSA) is 58.6 Å². The van der Waals surface area contributed by atoms with Gasteiger partial charge < -0.3 is 19.4 Å². The van der Waals surface area contributed by atoms with E-state index in [-0.39, 0.29) is 16.5 Å². The SMILES string of the molecule is COC(OC)(c1ccc([S+](C)C)cc1)c1ccccc1Sc1ccccc1.O=C([O-])c1ccccc1. The van der Waals surface area contributed by atoms with Gasteiger partial charge >= 0.3 is 0 Å². The molecule has 0 heterocycles. The minimum atomic E-state index is -1.13. The minimum absolute atomic E-state index is 0.220. The number of rotatable bonds is 8. The van der Waals surface area contributed by atoms with Gasteiger partial charge in [-0.2, -0.15) is 0 Å². The second kappa shape index (κ2) is 13.3. The highest BCUT2D eigenvalue weighted by Gasteiger charge is 2.37. The number of carboxylic acid groups (broad SMARTS) is 1. The summed E-state index contributed by atoms with van der Waals surface area (Å²) in [5, 5.41) is 10.1. The fourth-order valence-corrected chi connectivity index (χ4v) is 5.34. The second-order valence-electron chi connectivity index (χ2n) is 7.93. The molecule has 0 aliphatic carbocycles. The molecule has 0 aliphatic heterocycles. The van der Waals surface area contributed by atoms with Gasteiger partial charge in [0.15, 0.2) is 4.90 Å². The van der Waals surface area contributed by atoms with Gasteiger partial charge in [0.2, 0.25) is 5.79 Å². The molecular formula is C30H30O4S2. The predicted octanol–water partition coefficient (Wildman–Crippen LogP) is 5.62. The Kier molecular flexibility index (Phi) is 10.2. The third kappa shape index (κ3) is 6.80. The number of carbonyl (C=O) groups excluding carboxylic acids is 1. The second-order valence-corrected chi connectivity index (χ2v) is 11.2. The molecule has 4 nitrogen and oxygen atoms in total. The first kappa shape index (κ1) is 27.6. The van der Waals surface area contributed by atoms with E-state index in [0.29, 0.717) is 0 Å². The van der Waals surface area contributed by atoms with Gasteiger partial charge in [-0.05, 0) is 48.0 Å². The van der Waals surface area contributed by atoms with Crippen molar-refractivity contribution >= 4 is 28.6 Å². The molecule has 36 heavy (non-hydrogen) atoms.